The van der Waals surface area contributed by atoms with Gasteiger partial charge in [-0.15, -0.1) is 11.3 Å². The highest BCUT2D eigenvalue weighted by Crippen LogP contribution is 2.24. The van der Waals surface area contributed by atoms with E-state index in [1.807, 2.05) is 34.7 Å². The van der Waals surface area contributed by atoms with E-state index in [1.165, 1.54) is 5.56 Å². The standard InChI is InChI=1S/C18H23N5OS/c24-17(16-13-15(20-21-16)14-5-2-1-3-6-14)22-8-4-9-23(11-10-22)18-19-7-12-25-18/h1-3,5-7,12,15-16,20-21H,4,8-11,13H2. The molecular formula is C18H23N5OS. The van der Waals surface area contributed by atoms with Crippen molar-refractivity contribution in [2.45, 2.75) is 24.9 Å². The molecule has 4 rings (SSSR count). The number of carbonyl (C=O) groups excluding carboxylic acids is 1. The second-order valence-electron chi connectivity index (χ2n) is 6.52. The molecule has 0 radical (unpaired) electrons. The molecule has 3 heterocycles. The molecule has 0 spiro atoms. The summed E-state index contributed by atoms with van der Waals surface area (Å²) in [6.45, 7) is 3.38. The Morgan fingerprint density at radius 2 is 2.00 bits per heavy atom. The lowest BCUT2D eigenvalue weighted by Gasteiger charge is -2.24. The van der Waals surface area contributed by atoms with Crippen molar-refractivity contribution in [3.63, 3.8) is 0 Å². The van der Waals surface area contributed by atoms with Gasteiger partial charge in [-0.25, -0.2) is 15.8 Å². The number of nitrogens with zero attached hydrogens (tertiary/aromatic N) is 3. The summed E-state index contributed by atoms with van der Waals surface area (Å²) < 4.78 is 0. The van der Waals surface area contributed by atoms with Crippen molar-refractivity contribution >= 4 is 22.4 Å². The van der Waals surface area contributed by atoms with Gasteiger partial charge in [0.25, 0.3) is 0 Å². The maximum Gasteiger partial charge on any atom is 0.241 e. The number of benzene rings is 1. The first-order valence-electron chi connectivity index (χ1n) is 8.80. The molecule has 2 unspecified atom stereocenters. The Kier molecular flexibility index (Phi) is 4.96. The number of hydrazine groups is 1. The molecule has 7 heteroatoms. The fourth-order valence-electron chi connectivity index (χ4n) is 3.54. The van der Waals surface area contributed by atoms with Crippen molar-refractivity contribution < 1.29 is 4.79 Å². The van der Waals surface area contributed by atoms with Crippen LogP contribution in [0.4, 0.5) is 5.13 Å². The van der Waals surface area contributed by atoms with Crippen molar-refractivity contribution in [2.75, 3.05) is 31.1 Å². The minimum absolute atomic E-state index is 0.156. The molecule has 0 aliphatic carbocycles. The average Bonchev–Trinajstić information content (AvgIpc) is 3.30. The third-order valence-corrected chi connectivity index (χ3v) is 5.73. The summed E-state index contributed by atoms with van der Waals surface area (Å²) in [5, 5.41) is 3.06. The first-order valence-corrected chi connectivity index (χ1v) is 9.68. The summed E-state index contributed by atoms with van der Waals surface area (Å²) in [7, 11) is 0. The third kappa shape index (κ3) is 3.68. The van der Waals surface area contributed by atoms with Crippen LogP contribution in [0.2, 0.25) is 0 Å². The Labute approximate surface area is 151 Å². The van der Waals surface area contributed by atoms with Gasteiger partial charge in [0.05, 0.1) is 0 Å². The number of thiazole rings is 1. The second kappa shape index (κ2) is 7.51. The summed E-state index contributed by atoms with van der Waals surface area (Å²) in [4.78, 5) is 21.6. The maximum absolute atomic E-state index is 12.9. The fraction of sp³-hybridized carbons (Fsp3) is 0.444. The molecule has 25 heavy (non-hydrogen) atoms. The quantitative estimate of drug-likeness (QED) is 0.877. The Morgan fingerprint density at radius 3 is 2.80 bits per heavy atom. The Morgan fingerprint density at radius 1 is 1.12 bits per heavy atom. The van der Waals surface area contributed by atoms with Gasteiger partial charge in [0.2, 0.25) is 5.91 Å². The number of hydrogen-bond acceptors (Lipinski definition) is 6. The zero-order valence-corrected chi connectivity index (χ0v) is 14.9. The Bertz CT molecular complexity index is 693. The highest BCUT2D eigenvalue weighted by Gasteiger charge is 2.33. The van der Waals surface area contributed by atoms with E-state index in [-0.39, 0.29) is 18.0 Å². The van der Waals surface area contributed by atoms with Gasteiger partial charge in [-0.1, -0.05) is 30.3 Å². The lowest BCUT2D eigenvalue weighted by Crippen LogP contribution is -2.46. The van der Waals surface area contributed by atoms with E-state index in [1.54, 1.807) is 11.3 Å². The van der Waals surface area contributed by atoms with Crippen molar-refractivity contribution in [1.82, 2.24) is 20.7 Å². The van der Waals surface area contributed by atoms with E-state index in [0.29, 0.717) is 0 Å². The number of rotatable bonds is 3. The van der Waals surface area contributed by atoms with Crippen molar-refractivity contribution in [2.24, 2.45) is 0 Å². The summed E-state index contributed by atoms with van der Waals surface area (Å²) in [6, 6.07) is 10.3. The van der Waals surface area contributed by atoms with Crippen LogP contribution in [0.3, 0.4) is 0 Å². The minimum Gasteiger partial charge on any atom is -0.346 e. The predicted octanol–water partition coefficient (Wildman–Crippen LogP) is 1.79. The van der Waals surface area contributed by atoms with Crippen LogP contribution in [0.25, 0.3) is 0 Å². The zero-order valence-electron chi connectivity index (χ0n) is 14.1. The second-order valence-corrected chi connectivity index (χ2v) is 7.39. The van der Waals surface area contributed by atoms with Gasteiger partial charge in [-0.05, 0) is 18.4 Å². The number of amides is 1. The van der Waals surface area contributed by atoms with Crippen LogP contribution < -0.4 is 15.8 Å². The van der Waals surface area contributed by atoms with Crippen molar-refractivity contribution in [3.05, 3.63) is 47.5 Å². The summed E-state index contributed by atoms with van der Waals surface area (Å²) in [5.74, 6) is 0.201. The lowest BCUT2D eigenvalue weighted by atomic mass is 10.0. The monoisotopic (exact) mass is 357 g/mol. The van der Waals surface area contributed by atoms with E-state index in [9.17, 15) is 4.79 Å². The number of aromatic nitrogens is 1. The molecule has 2 aromatic rings. The first kappa shape index (κ1) is 16.5. The SMILES string of the molecule is O=C(C1CC(c2ccccc2)NN1)N1CCCN(c2nccs2)CC1. The third-order valence-electron chi connectivity index (χ3n) is 4.90. The van der Waals surface area contributed by atoms with E-state index in [2.05, 4.69) is 32.9 Å². The molecule has 6 nitrogen and oxygen atoms in total. The molecule has 132 valence electrons. The highest BCUT2D eigenvalue weighted by molar-refractivity contribution is 7.13. The topological polar surface area (TPSA) is 60.5 Å². The van der Waals surface area contributed by atoms with E-state index in [0.717, 1.165) is 44.2 Å². The Hall–Kier alpha value is -1.96. The van der Waals surface area contributed by atoms with Gasteiger partial charge in [0, 0.05) is 43.8 Å². The number of carbonyl (C=O) groups is 1. The molecule has 0 saturated carbocycles. The molecule has 2 aliphatic heterocycles. The largest absolute Gasteiger partial charge is 0.346 e. The van der Waals surface area contributed by atoms with Crippen LogP contribution >= 0.6 is 11.3 Å². The van der Waals surface area contributed by atoms with Crippen LogP contribution in [-0.2, 0) is 4.79 Å². The maximum atomic E-state index is 12.9. The molecule has 2 fully saturated rings. The van der Waals surface area contributed by atoms with E-state index >= 15 is 0 Å². The number of hydrogen-bond donors (Lipinski definition) is 2. The number of nitrogens with one attached hydrogen (secondary N) is 2. The van der Waals surface area contributed by atoms with Crippen LogP contribution in [0.5, 0.6) is 0 Å². The van der Waals surface area contributed by atoms with Crippen LogP contribution in [0.1, 0.15) is 24.4 Å². The summed E-state index contributed by atoms with van der Waals surface area (Å²) in [6.07, 6.45) is 3.61. The zero-order chi connectivity index (χ0) is 17.1. The molecule has 1 aromatic heterocycles. The van der Waals surface area contributed by atoms with Crippen LogP contribution in [-0.4, -0.2) is 48.0 Å². The average molecular weight is 357 g/mol. The minimum atomic E-state index is -0.156. The molecule has 2 atom stereocenters. The molecule has 1 amide bonds. The normalized spacial score (nSPS) is 24.3. The first-order chi connectivity index (χ1) is 12.3. The van der Waals surface area contributed by atoms with Crippen LogP contribution in [0.15, 0.2) is 41.9 Å². The van der Waals surface area contributed by atoms with Gasteiger partial charge in [-0.3, -0.25) is 4.79 Å². The molecular weight excluding hydrogens is 334 g/mol. The molecule has 2 N–H and O–H groups in total. The van der Waals surface area contributed by atoms with Gasteiger partial charge in [0.15, 0.2) is 5.13 Å². The number of anilines is 1. The molecule has 2 aliphatic rings. The smallest absolute Gasteiger partial charge is 0.241 e. The Balaban J connectivity index is 1.35. The molecule has 1 aromatic carbocycles. The van der Waals surface area contributed by atoms with Gasteiger partial charge < -0.3 is 9.80 Å². The van der Waals surface area contributed by atoms with Crippen molar-refractivity contribution in [1.29, 1.82) is 0 Å². The summed E-state index contributed by atoms with van der Waals surface area (Å²) >= 11 is 1.66. The summed E-state index contributed by atoms with van der Waals surface area (Å²) in [5.41, 5.74) is 7.69. The molecule has 0 bridgehead atoms. The fourth-order valence-corrected chi connectivity index (χ4v) is 4.24. The predicted molar refractivity (Wildman–Crippen MR) is 99.4 cm³/mol. The van der Waals surface area contributed by atoms with E-state index < -0.39 is 0 Å². The highest BCUT2D eigenvalue weighted by atomic mass is 32.1. The van der Waals surface area contributed by atoms with Crippen LogP contribution in [0, 0.1) is 0 Å². The van der Waals surface area contributed by atoms with Gasteiger partial charge >= 0.3 is 0 Å². The van der Waals surface area contributed by atoms with Gasteiger partial charge in [-0.2, -0.15) is 0 Å². The van der Waals surface area contributed by atoms with E-state index in [4.69, 9.17) is 0 Å². The van der Waals surface area contributed by atoms with Crippen molar-refractivity contribution in [3.8, 4) is 0 Å². The van der Waals surface area contributed by atoms with Gasteiger partial charge in [0.1, 0.15) is 6.04 Å². The lowest BCUT2D eigenvalue weighted by molar-refractivity contribution is -0.133. The molecule has 2 saturated heterocycles.